The number of carbonyl (C=O) groups excluding carboxylic acids is 7. The van der Waals surface area contributed by atoms with Crippen LogP contribution in [0, 0.1) is 85.1 Å². The van der Waals surface area contributed by atoms with Crippen molar-refractivity contribution >= 4 is 41.5 Å². The summed E-state index contributed by atoms with van der Waals surface area (Å²) in [7, 11) is 5.99. The zero-order chi connectivity index (χ0) is 49.0. The van der Waals surface area contributed by atoms with Crippen molar-refractivity contribution in [3.63, 3.8) is 0 Å². The van der Waals surface area contributed by atoms with Crippen molar-refractivity contribution in [2.75, 3.05) is 28.2 Å². The third-order valence-corrected chi connectivity index (χ3v) is 11.4. The van der Waals surface area contributed by atoms with E-state index in [1.807, 2.05) is 69.2 Å². The smallest absolute Gasteiger partial charge is 0.329 e. The van der Waals surface area contributed by atoms with E-state index < -0.39 is 108 Å². The summed E-state index contributed by atoms with van der Waals surface area (Å²) in [6, 6.07) is -4.08. The van der Waals surface area contributed by atoms with Crippen LogP contribution in [0.1, 0.15) is 136 Å². The standard InChI is InChI=1S/C48H85N4O11.U/c1-26(2)21-34-25-60-38(30(9)10)42(53)50(18)35(22-27(3)4)46(57)62-40(32(13)14)44(55)52(20)37(24-29(7)8)48(59)63-41(33(15)16)45(56)51(19)36(23-28(5)6)47(58)61-39(31(11)12)43(54)49(34)17;/h25-41H,21-24H2,1-20H3;/q-1;/t34-,35?,36?,37?,38?,39?,40?,41?;/m1./s1. The third kappa shape index (κ3) is 17.8. The van der Waals surface area contributed by atoms with E-state index >= 15 is 0 Å². The van der Waals surface area contributed by atoms with Gasteiger partial charge in [-0.2, -0.15) is 6.61 Å². The van der Waals surface area contributed by atoms with Crippen molar-refractivity contribution < 1.29 is 83.6 Å². The fraction of sp³-hybridized carbons (Fsp3) is 0.833. The molecule has 1 heterocycles. The molecule has 0 saturated carbocycles. The Morgan fingerprint density at radius 1 is 0.391 bits per heavy atom. The van der Waals surface area contributed by atoms with Gasteiger partial charge in [-0.25, -0.2) is 14.4 Å². The Hall–Kier alpha value is -2.70. The van der Waals surface area contributed by atoms with E-state index in [0.717, 1.165) is 0 Å². The summed E-state index contributed by atoms with van der Waals surface area (Å²) < 4.78 is 24.4. The monoisotopic (exact) mass is 1130 g/mol. The minimum absolute atomic E-state index is 0. The average molecular weight is 1130 g/mol. The van der Waals surface area contributed by atoms with E-state index in [9.17, 15) is 33.6 Å². The SMILES string of the molecule is CC(C)CC1C(=O)OC(C(C)C)C(=O)N(C)C(CC(C)C)C(=O)OC(C(C)C)C(=O)N(C)C(CC(C)C)C(=O)OC(C(C)C)C(=O)N(C)[C@H](CC(C)C)[CH-]OC(C(C)C)C(=O)N1C.[U]. The molecular weight excluding hydrogens is 1050 g/mol. The van der Waals surface area contributed by atoms with E-state index in [-0.39, 0.29) is 80.0 Å². The molecule has 0 aliphatic carbocycles. The Bertz CT molecular complexity index is 1530. The Labute approximate surface area is 409 Å². The number of carbonyl (C=O) groups is 7. The fourth-order valence-corrected chi connectivity index (χ4v) is 7.49. The number of rotatable bonds is 12. The molecule has 7 unspecified atom stereocenters. The van der Waals surface area contributed by atoms with Crippen molar-refractivity contribution in [2.24, 2.45) is 47.3 Å². The summed E-state index contributed by atoms with van der Waals surface area (Å²) >= 11 is 0. The molecule has 1 saturated heterocycles. The Morgan fingerprint density at radius 2 is 0.625 bits per heavy atom. The number of likely N-dealkylation sites (N-methyl/N-ethyl adjacent to an activating group) is 4. The summed E-state index contributed by atoms with van der Waals surface area (Å²) in [6.07, 6.45) is -4.01. The molecule has 0 aromatic carbocycles. The number of amides is 4. The maximum atomic E-state index is 14.4. The predicted molar refractivity (Wildman–Crippen MR) is 242 cm³/mol. The first kappa shape index (κ1) is 61.3. The molecule has 1 rings (SSSR count). The van der Waals surface area contributed by atoms with Gasteiger partial charge in [0.25, 0.3) is 17.7 Å². The van der Waals surface area contributed by atoms with Crippen LogP contribution in [0.3, 0.4) is 0 Å². The van der Waals surface area contributed by atoms with Gasteiger partial charge in [0.05, 0.1) is 0 Å². The van der Waals surface area contributed by atoms with Crippen LogP contribution >= 0.6 is 0 Å². The number of hydrogen-bond acceptors (Lipinski definition) is 11. The molecule has 1 aliphatic heterocycles. The average Bonchev–Trinajstić information content (AvgIpc) is 3.17. The third-order valence-electron chi connectivity index (χ3n) is 11.4. The maximum Gasteiger partial charge on any atom is 0.329 e. The summed E-state index contributed by atoms with van der Waals surface area (Å²) in [4.78, 5) is 106. The van der Waals surface area contributed by atoms with Crippen molar-refractivity contribution in [2.45, 2.75) is 185 Å². The van der Waals surface area contributed by atoms with Crippen LogP contribution in [-0.4, -0.2) is 138 Å². The second-order valence-corrected chi connectivity index (χ2v) is 20.7. The largest absolute Gasteiger partial charge is 0.541 e. The molecular formula is C48H85N4O11U-. The van der Waals surface area contributed by atoms with Crippen LogP contribution < -0.4 is 0 Å². The van der Waals surface area contributed by atoms with E-state index in [1.54, 1.807) is 48.6 Å². The second kappa shape index (κ2) is 27.8. The molecule has 0 spiro atoms. The molecule has 0 aromatic heterocycles. The van der Waals surface area contributed by atoms with Crippen molar-refractivity contribution in [3.05, 3.63) is 6.61 Å². The van der Waals surface area contributed by atoms with Crippen LogP contribution in [0.2, 0.25) is 0 Å². The van der Waals surface area contributed by atoms with E-state index in [1.165, 1.54) is 47.3 Å². The molecule has 0 aromatic rings. The molecule has 0 bridgehead atoms. The summed E-state index contributed by atoms with van der Waals surface area (Å²) in [5, 5.41) is 0. The molecule has 15 nitrogen and oxygen atoms in total. The van der Waals surface area contributed by atoms with Crippen molar-refractivity contribution in [3.8, 4) is 0 Å². The molecule has 64 heavy (non-hydrogen) atoms. The normalized spacial score (nSPS) is 26.5. The summed E-state index contributed by atoms with van der Waals surface area (Å²) in [5.74, 6) is -6.82. The molecule has 8 atom stereocenters. The van der Waals surface area contributed by atoms with Gasteiger partial charge in [-0.3, -0.25) is 19.2 Å². The molecule has 1 fully saturated rings. The number of nitrogens with zero attached hydrogens (tertiary/aromatic N) is 4. The van der Waals surface area contributed by atoms with Crippen LogP contribution in [0.5, 0.6) is 0 Å². The van der Waals surface area contributed by atoms with Gasteiger partial charge < -0.3 is 38.5 Å². The van der Waals surface area contributed by atoms with Gasteiger partial charge in [0.15, 0.2) is 18.3 Å². The zero-order valence-corrected chi connectivity index (χ0v) is 47.1. The van der Waals surface area contributed by atoms with Gasteiger partial charge in [0.2, 0.25) is 5.91 Å². The Balaban J connectivity index is 0.0000397. The molecule has 0 N–H and O–H groups in total. The van der Waals surface area contributed by atoms with Crippen LogP contribution in [0.15, 0.2) is 0 Å². The Morgan fingerprint density at radius 3 is 0.859 bits per heavy atom. The quantitative estimate of drug-likeness (QED) is 0.121. The van der Waals surface area contributed by atoms with E-state index in [4.69, 9.17) is 18.9 Å². The van der Waals surface area contributed by atoms with E-state index in [2.05, 4.69) is 0 Å². The zero-order valence-electron chi connectivity index (χ0n) is 42.9. The van der Waals surface area contributed by atoms with Gasteiger partial charge >= 0.3 is 17.9 Å². The molecule has 1 aliphatic rings. The van der Waals surface area contributed by atoms with Gasteiger partial charge in [-0.15, -0.1) is 0 Å². The van der Waals surface area contributed by atoms with Crippen LogP contribution in [-0.2, 0) is 52.5 Å². The van der Waals surface area contributed by atoms with Crippen molar-refractivity contribution in [1.82, 2.24) is 19.6 Å². The number of cyclic esters (lactones) is 3. The molecule has 368 valence electrons. The first-order valence-corrected chi connectivity index (χ1v) is 23.1. The summed E-state index contributed by atoms with van der Waals surface area (Å²) in [5.41, 5.74) is 0. The van der Waals surface area contributed by atoms with E-state index in [0.29, 0.717) is 6.42 Å². The second-order valence-electron chi connectivity index (χ2n) is 20.7. The topological polar surface area (TPSA) is 169 Å². The molecule has 16 heteroatoms. The number of esters is 3. The molecule has 4 amide bonds. The summed E-state index contributed by atoms with van der Waals surface area (Å²) in [6.45, 7) is 30.8. The minimum Gasteiger partial charge on any atom is -0.541 e. The van der Waals surface area contributed by atoms with Crippen LogP contribution in [0.25, 0.3) is 0 Å². The number of ether oxygens (including phenoxy) is 4. The predicted octanol–water partition coefficient (Wildman–Crippen LogP) is 6.40. The first-order valence-electron chi connectivity index (χ1n) is 23.1. The van der Waals surface area contributed by atoms with Gasteiger partial charge in [-0.1, -0.05) is 123 Å². The first-order chi connectivity index (χ1) is 29.0. The van der Waals surface area contributed by atoms with Gasteiger partial charge in [-0.05, 0) is 66.6 Å². The van der Waals surface area contributed by atoms with Gasteiger partial charge in [0.1, 0.15) is 24.2 Å². The fourth-order valence-electron chi connectivity index (χ4n) is 7.49. The van der Waals surface area contributed by atoms with Gasteiger partial charge in [0, 0.05) is 59.3 Å². The van der Waals surface area contributed by atoms with Crippen LogP contribution in [0.4, 0.5) is 0 Å². The van der Waals surface area contributed by atoms with Crippen molar-refractivity contribution in [1.29, 1.82) is 0 Å². The molecule has 0 radical (unpaired) electrons. The number of hydrogen-bond donors (Lipinski definition) is 0. The minimum atomic E-state index is -1.35. The maximum absolute atomic E-state index is 14.4. The Kier molecular flexibility index (Phi) is 26.7.